The minimum atomic E-state index is -0.0714. The third-order valence-electron chi connectivity index (χ3n) is 3.39. The monoisotopic (exact) mass is 358 g/mol. The summed E-state index contributed by atoms with van der Waals surface area (Å²) in [6.07, 6.45) is 0.332. The molecule has 6 heteroatoms. The largest absolute Gasteiger partial charge is 0.494 e. The fourth-order valence-electron chi connectivity index (χ4n) is 2.12. The molecule has 2 aromatic rings. The van der Waals surface area contributed by atoms with Crippen LogP contribution in [0.25, 0.3) is 0 Å². The topological polar surface area (TPSA) is 67.4 Å². The van der Waals surface area contributed by atoms with E-state index in [4.69, 9.17) is 4.74 Å². The molecule has 5 nitrogen and oxygen atoms in total. The van der Waals surface area contributed by atoms with Gasteiger partial charge < -0.3 is 15.4 Å². The summed E-state index contributed by atoms with van der Waals surface area (Å²) in [5.74, 6) is 1.04. The van der Waals surface area contributed by atoms with Gasteiger partial charge in [-0.1, -0.05) is 12.1 Å². The van der Waals surface area contributed by atoms with Gasteiger partial charge in [0.1, 0.15) is 5.75 Å². The number of hydrogen-bond donors (Lipinski definition) is 2. The number of ether oxygens (including phenoxy) is 1. The van der Waals surface area contributed by atoms with E-state index in [0.717, 1.165) is 21.9 Å². The maximum absolute atomic E-state index is 12.0. The van der Waals surface area contributed by atoms with Crippen LogP contribution < -0.4 is 15.4 Å². The van der Waals surface area contributed by atoms with Gasteiger partial charge in [-0.25, -0.2) is 0 Å². The van der Waals surface area contributed by atoms with Crippen molar-refractivity contribution in [3.05, 3.63) is 54.1 Å². The summed E-state index contributed by atoms with van der Waals surface area (Å²) < 4.78 is 5.39. The molecule has 0 unspecified atom stereocenters. The Kier molecular flexibility index (Phi) is 7.35. The Labute approximate surface area is 152 Å². The van der Waals surface area contributed by atoms with E-state index in [1.807, 2.05) is 43.3 Å². The SMILES string of the molecule is CCOc1ccc(SCC(=O)Nc2ccc(CC(=O)NC)cc2)cc1. The maximum Gasteiger partial charge on any atom is 0.234 e. The Bertz CT molecular complexity index is 700. The van der Waals surface area contributed by atoms with Gasteiger partial charge in [-0.3, -0.25) is 9.59 Å². The molecular formula is C19H22N2O3S. The number of benzene rings is 2. The van der Waals surface area contributed by atoms with E-state index in [9.17, 15) is 9.59 Å². The van der Waals surface area contributed by atoms with E-state index in [2.05, 4.69) is 10.6 Å². The van der Waals surface area contributed by atoms with Gasteiger partial charge in [0, 0.05) is 17.6 Å². The molecule has 25 heavy (non-hydrogen) atoms. The van der Waals surface area contributed by atoms with Gasteiger partial charge in [0.2, 0.25) is 11.8 Å². The quantitative estimate of drug-likeness (QED) is 0.712. The van der Waals surface area contributed by atoms with E-state index in [-0.39, 0.29) is 11.8 Å². The fourth-order valence-corrected chi connectivity index (χ4v) is 2.82. The van der Waals surface area contributed by atoms with Crippen LogP contribution in [0.1, 0.15) is 12.5 Å². The highest BCUT2D eigenvalue weighted by molar-refractivity contribution is 8.00. The van der Waals surface area contributed by atoms with Crippen molar-refractivity contribution < 1.29 is 14.3 Å². The zero-order valence-corrected chi connectivity index (χ0v) is 15.2. The lowest BCUT2D eigenvalue weighted by Gasteiger charge is -2.07. The molecule has 0 saturated carbocycles. The molecule has 0 aliphatic rings. The molecular weight excluding hydrogens is 336 g/mol. The zero-order valence-electron chi connectivity index (χ0n) is 14.4. The fraction of sp³-hybridized carbons (Fsp3) is 0.263. The number of nitrogens with one attached hydrogen (secondary N) is 2. The summed E-state index contributed by atoms with van der Waals surface area (Å²) in [6.45, 7) is 2.58. The Morgan fingerprint density at radius 2 is 1.68 bits per heavy atom. The highest BCUT2D eigenvalue weighted by Gasteiger charge is 2.05. The number of amides is 2. The van der Waals surface area contributed by atoms with Crippen molar-refractivity contribution in [2.24, 2.45) is 0 Å². The maximum atomic E-state index is 12.0. The first-order valence-corrected chi connectivity index (χ1v) is 9.04. The number of hydrogen-bond acceptors (Lipinski definition) is 4. The van der Waals surface area contributed by atoms with Crippen LogP contribution in [-0.4, -0.2) is 31.2 Å². The van der Waals surface area contributed by atoms with Crippen LogP contribution in [0.2, 0.25) is 0 Å². The molecule has 0 aromatic heterocycles. The van der Waals surface area contributed by atoms with Gasteiger partial charge in [-0.15, -0.1) is 11.8 Å². The number of rotatable bonds is 8. The van der Waals surface area contributed by atoms with E-state index in [1.165, 1.54) is 11.8 Å². The van der Waals surface area contributed by atoms with Gasteiger partial charge >= 0.3 is 0 Å². The Hall–Kier alpha value is -2.47. The number of likely N-dealkylation sites (N-methyl/N-ethyl adjacent to an activating group) is 1. The lowest BCUT2D eigenvalue weighted by Crippen LogP contribution is -2.20. The molecule has 0 radical (unpaired) electrons. The molecule has 2 amide bonds. The average Bonchev–Trinajstić information content (AvgIpc) is 2.63. The van der Waals surface area contributed by atoms with Crippen LogP contribution in [0.4, 0.5) is 5.69 Å². The summed E-state index contributed by atoms with van der Waals surface area (Å²) in [5.41, 5.74) is 1.62. The van der Waals surface area contributed by atoms with Crippen molar-refractivity contribution >= 4 is 29.3 Å². The van der Waals surface area contributed by atoms with Crippen LogP contribution in [-0.2, 0) is 16.0 Å². The highest BCUT2D eigenvalue weighted by atomic mass is 32.2. The molecule has 0 heterocycles. The van der Waals surface area contributed by atoms with Crippen LogP contribution in [0.15, 0.2) is 53.4 Å². The van der Waals surface area contributed by atoms with E-state index < -0.39 is 0 Å². The van der Waals surface area contributed by atoms with Crippen molar-refractivity contribution in [1.82, 2.24) is 5.32 Å². The van der Waals surface area contributed by atoms with Crippen LogP contribution >= 0.6 is 11.8 Å². The smallest absolute Gasteiger partial charge is 0.234 e. The number of carbonyl (C=O) groups is 2. The Balaban J connectivity index is 1.80. The van der Waals surface area contributed by atoms with Gasteiger partial charge in [0.25, 0.3) is 0 Å². The van der Waals surface area contributed by atoms with Gasteiger partial charge in [-0.05, 0) is 48.9 Å². The first-order valence-electron chi connectivity index (χ1n) is 8.05. The van der Waals surface area contributed by atoms with Gasteiger partial charge in [0.15, 0.2) is 0 Å². The second-order valence-corrected chi connectivity index (χ2v) is 6.34. The van der Waals surface area contributed by atoms with Gasteiger partial charge in [-0.2, -0.15) is 0 Å². The van der Waals surface area contributed by atoms with Crippen molar-refractivity contribution in [3.8, 4) is 5.75 Å². The predicted molar refractivity (Wildman–Crippen MR) is 101 cm³/mol. The summed E-state index contributed by atoms with van der Waals surface area (Å²) in [5, 5.41) is 5.44. The molecule has 0 aliphatic heterocycles. The molecule has 132 valence electrons. The van der Waals surface area contributed by atoms with Crippen molar-refractivity contribution in [2.75, 3.05) is 24.7 Å². The second kappa shape index (κ2) is 9.74. The lowest BCUT2D eigenvalue weighted by atomic mass is 10.1. The van der Waals surface area contributed by atoms with E-state index >= 15 is 0 Å². The van der Waals surface area contributed by atoms with Crippen LogP contribution in [0, 0.1) is 0 Å². The number of thioether (sulfide) groups is 1. The number of anilines is 1. The zero-order chi connectivity index (χ0) is 18.1. The normalized spacial score (nSPS) is 10.2. The highest BCUT2D eigenvalue weighted by Crippen LogP contribution is 2.21. The molecule has 0 saturated heterocycles. The van der Waals surface area contributed by atoms with E-state index in [1.54, 1.807) is 19.2 Å². The van der Waals surface area contributed by atoms with Crippen molar-refractivity contribution in [1.29, 1.82) is 0 Å². The third kappa shape index (κ3) is 6.51. The van der Waals surface area contributed by atoms with Crippen molar-refractivity contribution in [2.45, 2.75) is 18.2 Å². The molecule has 0 atom stereocenters. The third-order valence-corrected chi connectivity index (χ3v) is 4.40. The van der Waals surface area contributed by atoms with Crippen LogP contribution in [0.5, 0.6) is 5.75 Å². The molecule has 0 aliphatic carbocycles. The standard InChI is InChI=1S/C19H22N2O3S/c1-3-24-16-8-10-17(11-9-16)25-13-19(23)21-15-6-4-14(5-7-15)12-18(22)20-2/h4-11H,3,12-13H2,1-2H3,(H,20,22)(H,21,23). The minimum Gasteiger partial charge on any atom is -0.494 e. The molecule has 0 spiro atoms. The first-order chi connectivity index (χ1) is 12.1. The first kappa shape index (κ1) is 18.9. The average molecular weight is 358 g/mol. The molecule has 0 fully saturated rings. The summed E-state index contributed by atoms with van der Waals surface area (Å²) in [4.78, 5) is 24.4. The summed E-state index contributed by atoms with van der Waals surface area (Å²) in [6, 6.07) is 15.0. The van der Waals surface area contributed by atoms with Gasteiger partial charge in [0.05, 0.1) is 18.8 Å². The van der Waals surface area contributed by atoms with Crippen LogP contribution in [0.3, 0.4) is 0 Å². The Morgan fingerprint density at radius 1 is 1.00 bits per heavy atom. The molecule has 2 N–H and O–H groups in total. The van der Waals surface area contributed by atoms with E-state index in [0.29, 0.717) is 18.8 Å². The predicted octanol–water partition coefficient (Wildman–Crippen LogP) is 3.10. The molecule has 0 bridgehead atoms. The summed E-state index contributed by atoms with van der Waals surface area (Å²) in [7, 11) is 1.61. The second-order valence-electron chi connectivity index (χ2n) is 5.29. The Morgan fingerprint density at radius 3 is 2.28 bits per heavy atom. The van der Waals surface area contributed by atoms with Crippen molar-refractivity contribution in [3.63, 3.8) is 0 Å². The lowest BCUT2D eigenvalue weighted by molar-refractivity contribution is -0.120. The summed E-state index contributed by atoms with van der Waals surface area (Å²) >= 11 is 1.47. The molecule has 2 rings (SSSR count). The number of carbonyl (C=O) groups excluding carboxylic acids is 2. The minimum absolute atomic E-state index is 0.0384. The molecule has 2 aromatic carbocycles.